The number of rotatable bonds is 2. The summed E-state index contributed by atoms with van der Waals surface area (Å²) in [7, 11) is 0. The first kappa shape index (κ1) is 11.8. The van der Waals surface area contributed by atoms with Crippen molar-refractivity contribution < 1.29 is 4.52 Å². The van der Waals surface area contributed by atoms with Gasteiger partial charge < -0.3 is 10.3 Å². The number of anilines is 1. The number of aromatic nitrogens is 4. The normalized spacial score (nSPS) is 10.8. The monoisotopic (exact) mass is 273 g/mol. The number of aryl methyl sites for hydroxylation is 2. The Hall–Kier alpha value is -2.28. The zero-order chi connectivity index (χ0) is 13.4. The molecule has 0 atom stereocenters. The molecule has 0 saturated heterocycles. The first-order valence-corrected chi connectivity index (χ1v) is 6.44. The van der Waals surface area contributed by atoms with Gasteiger partial charge in [-0.05, 0) is 31.0 Å². The third-order valence-corrected chi connectivity index (χ3v) is 3.59. The highest BCUT2D eigenvalue weighted by molar-refractivity contribution is 7.19. The molecule has 3 rings (SSSR count). The Morgan fingerprint density at radius 2 is 1.89 bits per heavy atom. The van der Waals surface area contributed by atoms with Crippen LogP contribution in [0.1, 0.15) is 11.1 Å². The van der Waals surface area contributed by atoms with Crippen LogP contribution in [0.25, 0.3) is 22.4 Å². The molecule has 0 unspecified atom stereocenters. The van der Waals surface area contributed by atoms with Gasteiger partial charge in [0.25, 0.3) is 5.89 Å². The van der Waals surface area contributed by atoms with Gasteiger partial charge in [-0.2, -0.15) is 4.98 Å². The van der Waals surface area contributed by atoms with Crippen LogP contribution >= 0.6 is 11.3 Å². The topological polar surface area (TPSA) is 90.7 Å². The van der Waals surface area contributed by atoms with Crippen LogP contribution in [-0.2, 0) is 0 Å². The van der Waals surface area contributed by atoms with Crippen molar-refractivity contribution in [2.75, 3.05) is 5.73 Å². The summed E-state index contributed by atoms with van der Waals surface area (Å²) in [6.45, 7) is 3.87. The van der Waals surface area contributed by atoms with Crippen molar-refractivity contribution in [2.45, 2.75) is 13.8 Å². The van der Waals surface area contributed by atoms with Crippen LogP contribution < -0.4 is 5.73 Å². The summed E-state index contributed by atoms with van der Waals surface area (Å²) >= 11 is 1.42. The van der Waals surface area contributed by atoms with Gasteiger partial charge in [0.15, 0.2) is 0 Å². The Kier molecular flexibility index (Phi) is 2.75. The predicted molar refractivity (Wildman–Crippen MR) is 72.5 cm³/mol. The third kappa shape index (κ3) is 2.19. The van der Waals surface area contributed by atoms with Crippen molar-refractivity contribution in [1.29, 1.82) is 0 Å². The summed E-state index contributed by atoms with van der Waals surface area (Å²) in [6, 6.07) is 1.88. The van der Waals surface area contributed by atoms with Crippen molar-refractivity contribution in [3.8, 4) is 22.4 Å². The maximum atomic E-state index is 5.76. The van der Waals surface area contributed by atoms with Crippen molar-refractivity contribution in [3.05, 3.63) is 29.6 Å². The van der Waals surface area contributed by atoms with E-state index in [0.717, 1.165) is 21.0 Å². The molecule has 96 valence electrons. The molecule has 3 aromatic rings. The molecule has 0 aliphatic heterocycles. The van der Waals surface area contributed by atoms with E-state index >= 15 is 0 Å². The number of hydrogen-bond acceptors (Lipinski definition) is 7. The highest BCUT2D eigenvalue weighted by Gasteiger charge is 2.16. The summed E-state index contributed by atoms with van der Waals surface area (Å²) in [4.78, 5) is 13.5. The van der Waals surface area contributed by atoms with E-state index in [0.29, 0.717) is 17.5 Å². The quantitative estimate of drug-likeness (QED) is 0.771. The maximum absolute atomic E-state index is 5.76. The highest BCUT2D eigenvalue weighted by Crippen LogP contribution is 2.33. The minimum atomic E-state index is 0.376. The lowest BCUT2D eigenvalue weighted by molar-refractivity contribution is 0.432. The smallest absolute Gasteiger partial charge is 0.268 e. The van der Waals surface area contributed by atoms with E-state index in [-0.39, 0.29) is 0 Å². The van der Waals surface area contributed by atoms with Crippen molar-refractivity contribution in [2.24, 2.45) is 0 Å². The van der Waals surface area contributed by atoms with Crippen LogP contribution in [0, 0.1) is 13.8 Å². The number of nitrogen functional groups attached to an aromatic ring is 1. The van der Waals surface area contributed by atoms with Crippen LogP contribution in [0.15, 0.2) is 23.0 Å². The minimum Gasteiger partial charge on any atom is -0.391 e. The Bertz CT molecular complexity index is 716. The van der Waals surface area contributed by atoms with Gasteiger partial charge in [0.05, 0.1) is 9.88 Å². The van der Waals surface area contributed by atoms with Crippen molar-refractivity contribution in [3.63, 3.8) is 0 Å². The van der Waals surface area contributed by atoms with Gasteiger partial charge in [-0.25, -0.2) is 9.97 Å². The van der Waals surface area contributed by atoms with E-state index in [1.54, 1.807) is 12.4 Å². The van der Waals surface area contributed by atoms with Crippen molar-refractivity contribution >= 4 is 16.3 Å². The lowest BCUT2D eigenvalue weighted by Gasteiger charge is -1.92. The maximum Gasteiger partial charge on any atom is 0.268 e. The average molecular weight is 273 g/mol. The molecule has 0 spiro atoms. The molecule has 0 aliphatic carbocycles. The Balaban J connectivity index is 1.99. The SMILES string of the molecule is Cc1cnc(-c2noc(-c3sc(N)cc3C)n2)nc1. The molecule has 19 heavy (non-hydrogen) atoms. The van der Waals surface area contributed by atoms with Gasteiger partial charge in [-0.3, -0.25) is 0 Å². The van der Waals surface area contributed by atoms with Crippen molar-refractivity contribution in [1.82, 2.24) is 20.1 Å². The summed E-state index contributed by atoms with van der Waals surface area (Å²) < 4.78 is 5.24. The number of nitrogens with zero attached hydrogens (tertiary/aromatic N) is 4. The third-order valence-electron chi connectivity index (χ3n) is 2.54. The van der Waals surface area contributed by atoms with E-state index in [1.165, 1.54) is 11.3 Å². The molecule has 0 bridgehead atoms. The predicted octanol–water partition coefficient (Wildman–Crippen LogP) is 2.45. The van der Waals surface area contributed by atoms with Gasteiger partial charge in [-0.1, -0.05) is 5.16 Å². The second kappa shape index (κ2) is 4.43. The fraction of sp³-hybridized carbons (Fsp3) is 0.167. The fourth-order valence-electron chi connectivity index (χ4n) is 1.63. The van der Waals surface area contributed by atoms with Crippen LogP contribution in [-0.4, -0.2) is 20.1 Å². The Morgan fingerprint density at radius 1 is 1.16 bits per heavy atom. The molecule has 0 radical (unpaired) electrons. The number of thiophene rings is 1. The van der Waals surface area contributed by atoms with Gasteiger partial charge in [0.1, 0.15) is 0 Å². The molecule has 7 heteroatoms. The van der Waals surface area contributed by atoms with Crippen LogP contribution in [0.5, 0.6) is 0 Å². The second-order valence-corrected chi connectivity index (χ2v) is 5.25. The minimum absolute atomic E-state index is 0.376. The molecule has 3 heterocycles. The molecule has 0 aromatic carbocycles. The van der Waals surface area contributed by atoms with E-state index in [1.807, 2.05) is 19.9 Å². The van der Waals surface area contributed by atoms with Crippen LogP contribution in [0.2, 0.25) is 0 Å². The molecular weight excluding hydrogens is 262 g/mol. The summed E-state index contributed by atoms with van der Waals surface area (Å²) in [5, 5.41) is 4.62. The van der Waals surface area contributed by atoms with Crippen LogP contribution in [0.4, 0.5) is 5.00 Å². The largest absolute Gasteiger partial charge is 0.391 e. The van der Waals surface area contributed by atoms with E-state index in [4.69, 9.17) is 10.3 Å². The fourth-order valence-corrected chi connectivity index (χ4v) is 2.50. The first-order chi connectivity index (χ1) is 9.13. The van der Waals surface area contributed by atoms with Gasteiger partial charge in [-0.15, -0.1) is 11.3 Å². The first-order valence-electron chi connectivity index (χ1n) is 5.62. The summed E-state index contributed by atoms with van der Waals surface area (Å²) in [5.41, 5.74) is 7.75. The molecule has 0 aliphatic rings. The molecule has 6 nitrogen and oxygen atoms in total. The zero-order valence-corrected chi connectivity index (χ0v) is 11.2. The van der Waals surface area contributed by atoms with E-state index < -0.39 is 0 Å². The molecule has 0 saturated carbocycles. The average Bonchev–Trinajstić information content (AvgIpc) is 2.97. The molecule has 3 aromatic heterocycles. The standard InChI is InChI=1S/C12H11N5OS/c1-6-4-14-10(15-5-6)11-16-12(18-17-11)9-7(2)3-8(13)19-9/h3-5H,13H2,1-2H3. The van der Waals surface area contributed by atoms with Crippen LogP contribution in [0.3, 0.4) is 0 Å². The highest BCUT2D eigenvalue weighted by atomic mass is 32.1. The van der Waals surface area contributed by atoms with Gasteiger partial charge >= 0.3 is 0 Å². The lowest BCUT2D eigenvalue weighted by atomic mass is 10.3. The summed E-state index contributed by atoms with van der Waals surface area (Å²) in [5.74, 6) is 1.27. The molecular formula is C12H11N5OS. The second-order valence-electron chi connectivity index (χ2n) is 4.17. The van der Waals surface area contributed by atoms with Gasteiger partial charge in [0, 0.05) is 12.4 Å². The molecule has 2 N–H and O–H groups in total. The summed E-state index contributed by atoms with van der Waals surface area (Å²) in [6.07, 6.45) is 3.43. The Morgan fingerprint density at radius 3 is 2.53 bits per heavy atom. The van der Waals surface area contributed by atoms with E-state index in [2.05, 4.69) is 20.1 Å². The van der Waals surface area contributed by atoms with E-state index in [9.17, 15) is 0 Å². The molecule has 0 amide bonds. The Labute approximate surface area is 113 Å². The molecule has 0 fully saturated rings. The zero-order valence-electron chi connectivity index (χ0n) is 10.4. The lowest BCUT2D eigenvalue weighted by Crippen LogP contribution is -1.90. The number of hydrogen-bond donors (Lipinski definition) is 1. The number of nitrogens with two attached hydrogens (primary N) is 1. The van der Waals surface area contributed by atoms with Gasteiger partial charge in [0.2, 0.25) is 11.6 Å².